The Morgan fingerprint density at radius 1 is 1.06 bits per heavy atom. The summed E-state index contributed by atoms with van der Waals surface area (Å²) in [6.45, 7) is 4.10. The summed E-state index contributed by atoms with van der Waals surface area (Å²) in [5, 5.41) is 0. The maximum absolute atomic E-state index is 13.3. The van der Waals surface area contributed by atoms with E-state index in [2.05, 4.69) is 21.9 Å². The second kappa shape index (κ2) is 8.76. The second-order valence-electron chi connectivity index (χ2n) is 9.49. The van der Waals surface area contributed by atoms with E-state index in [4.69, 9.17) is 4.74 Å². The van der Waals surface area contributed by atoms with Crippen LogP contribution in [0.4, 0.5) is 13.2 Å². The summed E-state index contributed by atoms with van der Waals surface area (Å²) >= 11 is 0. The van der Waals surface area contributed by atoms with Crippen molar-refractivity contribution < 1.29 is 22.7 Å². The fourth-order valence-corrected chi connectivity index (χ4v) is 5.65. The average molecular weight is 459 g/mol. The highest BCUT2D eigenvalue weighted by Crippen LogP contribution is 2.50. The van der Waals surface area contributed by atoms with Crippen molar-refractivity contribution in [2.45, 2.75) is 37.4 Å². The van der Waals surface area contributed by atoms with Gasteiger partial charge < -0.3 is 14.5 Å². The first-order valence-corrected chi connectivity index (χ1v) is 11.7. The first kappa shape index (κ1) is 22.4. The number of piperidine rings is 1. The Labute approximate surface area is 192 Å². The van der Waals surface area contributed by atoms with E-state index < -0.39 is 11.7 Å². The standard InChI is InChI=1S/C26H29F3N2O2/c1-33-12-2-10-30-15-20(16-30)25(32)31-11-9-19-14-24(31)23-13-18(5-8-22(19)23)17-3-6-21(7-4-17)26(27,28)29/h3-8,13,19-20,24H,2,9-12,14-16H2,1H3. The molecule has 2 atom stereocenters. The number of rotatable bonds is 6. The Bertz CT molecular complexity index is 1020. The van der Waals surface area contributed by atoms with Gasteiger partial charge in [0.2, 0.25) is 5.91 Å². The summed E-state index contributed by atoms with van der Waals surface area (Å²) in [6.07, 6.45) is -1.44. The van der Waals surface area contributed by atoms with E-state index in [-0.39, 0.29) is 17.9 Å². The molecule has 3 aliphatic rings. The van der Waals surface area contributed by atoms with Crippen LogP contribution in [0.5, 0.6) is 0 Å². The Morgan fingerprint density at radius 2 is 1.79 bits per heavy atom. The molecule has 2 aromatic carbocycles. The average Bonchev–Trinajstić information content (AvgIpc) is 3.06. The molecule has 2 unspecified atom stereocenters. The lowest BCUT2D eigenvalue weighted by atomic mass is 9.92. The quantitative estimate of drug-likeness (QED) is 0.565. The van der Waals surface area contributed by atoms with Crippen LogP contribution in [0.2, 0.25) is 0 Å². The number of ether oxygens (including phenoxy) is 1. The zero-order valence-corrected chi connectivity index (χ0v) is 18.8. The SMILES string of the molecule is COCCCN1CC(C(=O)N2CCC3CC2c2cc(-c4ccc(C(F)(F)F)cc4)ccc23)C1. The van der Waals surface area contributed by atoms with Crippen molar-refractivity contribution >= 4 is 5.91 Å². The van der Waals surface area contributed by atoms with E-state index in [0.717, 1.165) is 75.3 Å². The molecular formula is C26H29F3N2O2. The number of benzene rings is 2. The van der Waals surface area contributed by atoms with Crippen LogP contribution in [0.1, 0.15) is 47.9 Å². The molecule has 33 heavy (non-hydrogen) atoms. The molecular weight excluding hydrogens is 429 g/mol. The molecule has 2 fully saturated rings. The largest absolute Gasteiger partial charge is 0.416 e. The van der Waals surface area contributed by atoms with E-state index in [9.17, 15) is 18.0 Å². The van der Waals surface area contributed by atoms with Gasteiger partial charge in [0.05, 0.1) is 17.5 Å². The molecule has 0 radical (unpaired) electrons. The minimum Gasteiger partial charge on any atom is -0.385 e. The molecule has 176 valence electrons. The van der Waals surface area contributed by atoms with Crippen LogP contribution in [-0.4, -0.2) is 55.6 Å². The molecule has 2 aliphatic heterocycles. The molecule has 0 saturated carbocycles. The molecule has 1 aliphatic carbocycles. The van der Waals surface area contributed by atoms with Gasteiger partial charge in [-0.3, -0.25) is 4.79 Å². The van der Waals surface area contributed by atoms with Crippen molar-refractivity contribution in [1.29, 1.82) is 0 Å². The van der Waals surface area contributed by atoms with Crippen molar-refractivity contribution in [3.05, 3.63) is 59.2 Å². The van der Waals surface area contributed by atoms with Crippen molar-refractivity contribution in [2.24, 2.45) is 5.92 Å². The number of fused-ring (bicyclic) bond motifs is 5. The Balaban J connectivity index is 1.31. The smallest absolute Gasteiger partial charge is 0.385 e. The number of halogens is 3. The monoisotopic (exact) mass is 458 g/mol. The topological polar surface area (TPSA) is 32.8 Å². The lowest BCUT2D eigenvalue weighted by Gasteiger charge is -2.43. The van der Waals surface area contributed by atoms with Crippen LogP contribution in [0.3, 0.4) is 0 Å². The summed E-state index contributed by atoms with van der Waals surface area (Å²) in [5.74, 6) is 0.767. The molecule has 1 amide bonds. The van der Waals surface area contributed by atoms with Crippen molar-refractivity contribution in [2.75, 3.05) is 39.9 Å². The Hall–Kier alpha value is -2.38. The minimum absolute atomic E-state index is 0.0613. The first-order chi connectivity index (χ1) is 15.8. The first-order valence-electron chi connectivity index (χ1n) is 11.7. The summed E-state index contributed by atoms with van der Waals surface area (Å²) in [5.41, 5.74) is 3.48. The van der Waals surface area contributed by atoms with Crippen LogP contribution in [0.25, 0.3) is 11.1 Å². The Morgan fingerprint density at radius 3 is 2.48 bits per heavy atom. The maximum atomic E-state index is 13.3. The number of alkyl halides is 3. The van der Waals surface area contributed by atoms with Crippen LogP contribution in [-0.2, 0) is 15.7 Å². The number of nitrogens with zero attached hydrogens (tertiary/aromatic N) is 2. The van der Waals surface area contributed by atoms with Gasteiger partial charge in [0.25, 0.3) is 0 Å². The molecule has 4 nitrogen and oxygen atoms in total. The third kappa shape index (κ3) is 4.28. The predicted molar refractivity (Wildman–Crippen MR) is 120 cm³/mol. The zero-order chi connectivity index (χ0) is 23.2. The number of carbonyl (C=O) groups excluding carboxylic acids is 1. The number of amides is 1. The minimum atomic E-state index is -4.34. The molecule has 2 saturated heterocycles. The fourth-order valence-electron chi connectivity index (χ4n) is 5.65. The summed E-state index contributed by atoms with van der Waals surface area (Å²) in [4.78, 5) is 17.7. The molecule has 0 spiro atoms. The molecule has 0 aromatic heterocycles. The molecule has 5 rings (SSSR count). The number of likely N-dealkylation sites (tertiary alicyclic amines) is 2. The zero-order valence-electron chi connectivity index (χ0n) is 18.8. The lowest BCUT2D eigenvalue weighted by Crippen LogP contribution is -2.55. The van der Waals surface area contributed by atoms with Gasteiger partial charge in [-0.05, 0) is 65.6 Å². The van der Waals surface area contributed by atoms with Crippen LogP contribution in [0, 0.1) is 5.92 Å². The molecule has 2 aromatic rings. The van der Waals surface area contributed by atoms with Gasteiger partial charge in [0.15, 0.2) is 0 Å². The van der Waals surface area contributed by atoms with Crippen LogP contribution in [0.15, 0.2) is 42.5 Å². The summed E-state index contributed by atoms with van der Waals surface area (Å²) in [6, 6.07) is 11.6. The van der Waals surface area contributed by atoms with Gasteiger partial charge in [-0.15, -0.1) is 0 Å². The predicted octanol–water partition coefficient (Wildman–Crippen LogP) is 5.10. The summed E-state index contributed by atoms with van der Waals surface area (Å²) in [7, 11) is 1.70. The highest BCUT2D eigenvalue weighted by atomic mass is 19.4. The van der Waals surface area contributed by atoms with Gasteiger partial charge in [-0.25, -0.2) is 0 Å². The highest BCUT2D eigenvalue weighted by molar-refractivity contribution is 5.81. The third-order valence-electron chi connectivity index (χ3n) is 7.45. The Kier molecular flexibility index (Phi) is 5.95. The van der Waals surface area contributed by atoms with Crippen molar-refractivity contribution in [3.63, 3.8) is 0 Å². The molecule has 0 N–H and O–H groups in total. The van der Waals surface area contributed by atoms with Gasteiger partial charge in [0.1, 0.15) is 0 Å². The van der Waals surface area contributed by atoms with Gasteiger partial charge in [-0.2, -0.15) is 13.2 Å². The van der Waals surface area contributed by atoms with Gasteiger partial charge >= 0.3 is 6.18 Å². The fraction of sp³-hybridized carbons (Fsp3) is 0.500. The summed E-state index contributed by atoms with van der Waals surface area (Å²) < 4.78 is 43.9. The maximum Gasteiger partial charge on any atom is 0.416 e. The van der Waals surface area contributed by atoms with Crippen molar-refractivity contribution in [3.8, 4) is 11.1 Å². The molecule has 7 heteroatoms. The van der Waals surface area contributed by atoms with E-state index in [0.29, 0.717) is 5.92 Å². The van der Waals surface area contributed by atoms with E-state index in [1.807, 2.05) is 6.07 Å². The van der Waals surface area contributed by atoms with Gasteiger partial charge in [0, 0.05) is 39.9 Å². The van der Waals surface area contributed by atoms with Crippen molar-refractivity contribution in [1.82, 2.24) is 9.80 Å². The van der Waals surface area contributed by atoms with E-state index >= 15 is 0 Å². The van der Waals surface area contributed by atoms with Crippen LogP contribution < -0.4 is 0 Å². The molecule has 2 bridgehead atoms. The normalized spacial score (nSPS) is 22.8. The van der Waals surface area contributed by atoms with E-state index in [1.54, 1.807) is 7.11 Å². The number of hydrogen-bond donors (Lipinski definition) is 0. The number of hydrogen-bond acceptors (Lipinski definition) is 3. The van der Waals surface area contributed by atoms with Gasteiger partial charge in [-0.1, -0.05) is 24.3 Å². The highest BCUT2D eigenvalue weighted by Gasteiger charge is 2.44. The second-order valence-corrected chi connectivity index (χ2v) is 9.49. The van der Waals surface area contributed by atoms with Crippen LogP contribution >= 0.6 is 0 Å². The number of methoxy groups -OCH3 is 1. The number of carbonyl (C=O) groups is 1. The lowest BCUT2D eigenvalue weighted by molar-refractivity contribution is -0.145. The molecule has 2 heterocycles. The van der Waals surface area contributed by atoms with E-state index in [1.165, 1.54) is 23.3 Å². The third-order valence-corrected chi connectivity index (χ3v) is 7.45.